The molecule has 1 spiro atoms. The second-order valence-corrected chi connectivity index (χ2v) is 7.12. The molecule has 0 saturated carbocycles. The summed E-state index contributed by atoms with van der Waals surface area (Å²) in [6.45, 7) is 1.22. The van der Waals surface area contributed by atoms with Gasteiger partial charge in [-0.25, -0.2) is 4.79 Å². The number of amides is 4. The smallest absolute Gasteiger partial charge is 0.327 e. The number of ether oxygens (including phenoxy) is 2. The molecule has 0 bridgehead atoms. The van der Waals surface area contributed by atoms with Crippen LogP contribution in [0.3, 0.4) is 0 Å². The van der Waals surface area contributed by atoms with E-state index in [-0.39, 0.29) is 26.0 Å². The molecule has 1 saturated heterocycles. The molecule has 1 aromatic rings. The van der Waals surface area contributed by atoms with Gasteiger partial charge in [0.15, 0.2) is 11.6 Å². The molecule has 1 fully saturated rings. The molecule has 1 N–H and O–H groups in total. The standard InChI is InChI=1S/C20H22N4O6/c1-13(17(26)23(2)10-5-9-21)30-16(25)12-24-18(27)20(22-19(24)28)8-11-29-15-7-4-3-6-14(15)20/h3-4,6-7,13H,5,8,10-12H2,1-2H3,(H,22,28)/t13-,20+/m1/s1. The maximum absolute atomic E-state index is 13.1. The number of likely N-dealkylation sites (N-methyl/N-ethyl adjacent to an activating group) is 1. The molecule has 158 valence electrons. The van der Waals surface area contributed by atoms with Crippen molar-refractivity contribution in [3.05, 3.63) is 29.8 Å². The minimum Gasteiger partial charge on any atom is -0.493 e. The van der Waals surface area contributed by atoms with E-state index in [1.165, 1.54) is 18.9 Å². The maximum atomic E-state index is 13.1. The number of esters is 1. The molecule has 0 aliphatic carbocycles. The number of carbonyl (C=O) groups excluding carboxylic acids is 4. The third-order valence-electron chi connectivity index (χ3n) is 5.14. The topological polar surface area (TPSA) is 129 Å². The first-order chi connectivity index (χ1) is 14.3. The van der Waals surface area contributed by atoms with E-state index in [2.05, 4.69) is 5.32 Å². The van der Waals surface area contributed by atoms with Gasteiger partial charge in [0, 0.05) is 25.6 Å². The second-order valence-electron chi connectivity index (χ2n) is 7.12. The number of nitriles is 1. The Morgan fingerprint density at radius 2 is 2.13 bits per heavy atom. The van der Waals surface area contributed by atoms with Crippen LogP contribution in [0, 0.1) is 11.3 Å². The van der Waals surface area contributed by atoms with Crippen LogP contribution in [0.1, 0.15) is 25.3 Å². The van der Waals surface area contributed by atoms with E-state index < -0.39 is 42.0 Å². The summed E-state index contributed by atoms with van der Waals surface area (Å²) in [4.78, 5) is 52.2. The predicted molar refractivity (Wildman–Crippen MR) is 102 cm³/mol. The van der Waals surface area contributed by atoms with Crippen LogP contribution >= 0.6 is 0 Å². The van der Waals surface area contributed by atoms with E-state index in [0.29, 0.717) is 11.3 Å². The zero-order valence-electron chi connectivity index (χ0n) is 16.7. The molecule has 2 aliphatic rings. The van der Waals surface area contributed by atoms with E-state index in [1.54, 1.807) is 24.3 Å². The van der Waals surface area contributed by atoms with Gasteiger partial charge in [-0.05, 0) is 13.0 Å². The van der Waals surface area contributed by atoms with Crippen molar-refractivity contribution in [3.8, 4) is 11.8 Å². The van der Waals surface area contributed by atoms with Crippen LogP contribution in [0.5, 0.6) is 5.75 Å². The minimum absolute atomic E-state index is 0.151. The Morgan fingerprint density at radius 3 is 2.87 bits per heavy atom. The molecule has 2 heterocycles. The van der Waals surface area contributed by atoms with Crippen molar-refractivity contribution in [1.82, 2.24) is 15.1 Å². The van der Waals surface area contributed by atoms with Crippen molar-refractivity contribution < 1.29 is 28.7 Å². The van der Waals surface area contributed by atoms with Crippen LogP contribution in [-0.2, 0) is 24.7 Å². The van der Waals surface area contributed by atoms with Gasteiger partial charge in [0.25, 0.3) is 11.8 Å². The number of benzene rings is 1. The number of imide groups is 1. The summed E-state index contributed by atoms with van der Waals surface area (Å²) in [5, 5.41) is 11.3. The summed E-state index contributed by atoms with van der Waals surface area (Å²) in [5.41, 5.74) is -0.751. The van der Waals surface area contributed by atoms with Crippen LogP contribution in [0.25, 0.3) is 0 Å². The van der Waals surface area contributed by atoms with Crippen molar-refractivity contribution in [2.75, 3.05) is 26.7 Å². The quantitative estimate of drug-likeness (QED) is 0.531. The van der Waals surface area contributed by atoms with Crippen molar-refractivity contribution in [2.24, 2.45) is 0 Å². The van der Waals surface area contributed by atoms with E-state index in [0.717, 1.165) is 4.90 Å². The number of rotatable bonds is 6. The highest BCUT2D eigenvalue weighted by Gasteiger charge is 2.55. The van der Waals surface area contributed by atoms with Crippen LogP contribution < -0.4 is 10.1 Å². The van der Waals surface area contributed by atoms with Crippen LogP contribution in [0.2, 0.25) is 0 Å². The predicted octanol–water partition coefficient (Wildman–Crippen LogP) is 0.520. The summed E-state index contributed by atoms with van der Waals surface area (Å²) in [6.07, 6.45) is -0.725. The van der Waals surface area contributed by atoms with Crippen molar-refractivity contribution >= 4 is 23.8 Å². The third kappa shape index (κ3) is 3.78. The molecule has 0 radical (unpaired) electrons. The Bertz CT molecular complexity index is 926. The lowest BCUT2D eigenvalue weighted by Gasteiger charge is -2.33. The number of hydrogen-bond acceptors (Lipinski definition) is 7. The highest BCUT2D eigenvalue weighted by Crippen LogP contribution is 2.40. The van der Waals surface area contributed by atoms with Crippen LogP contribution in [0.15, 0.2) is 24.3 Å². The molecule has 10 nitrogen and oxygen atoms in total. The third-order valence-corrected chi connectivity index (χ3v) is 5.14. The van der Waals surface area contributed by atoms with Gasteiger partial charge in [-0.1, -0.05) is 18.2 Å². The first-order valence-electron chi connectivity index (χ1n) is 9.48. The van der Waals surface area contributed by atoms with Crippen molar-refractivity contribution in [2.45, 2.75) is 31.4 Å². The Labute approximate surface area is 173 Å². The van der Waals surface area contributed by atoms with Gasteiger partial charge in [-0.2, -0.15) is 5.26 Å². The van der Waals surface area contributed by atoms with E-state index in [1.807, 2.05) is 6.07 Å². The molecule has 30 heavy (non-hydrogen) atoms. The Morgan fingerprint density at radius 1 is 1.40 bits per heavy atom. The maximum Gasteiger partial charge on any atom is 0.327 e. The molecule has 2 aliphatic heterocycles. The van der Waals surface area contributed by atoms with Crippen molar-refractivity contribution in [3.63, 3.8) is 0 Å². The molecule has 2 atom stereocenters. The van der Waals surface area contributed by atoms with E-state index in [9.17, 15) is 19.2 Å². The lowest BCUT2D eigenvalue weighted by Crippen LogP contribution is -2.48. The average molecular weight is 414 g/mol. The summed E-state index contributed by atoms with van der Waals surface area (Å²) >= 11 is 0. The van der Waals surface area contributed by atoms with Gasteiger partial charge in [-0.15, -0.1) is 0 Å². The fourth-order valence-electron chi connectivity index (χ4n) is 3.57. The molecule has 4 amide bonds. The number of carbonyl (C=O) groups is 4. The van der Waals surface area contributed by atoms with Gasteiger partial charge in [0.2, 0.25) is 0 Å². The molecule has 0 aromatic heterocycles. The lowest BCUT2D eigenvalue weighted by molar-refractivity contribution is -0.160. The summed E-state index contributed by atoms with van der Waals surface area (Å²) in [7, 11) is 1.49. The first kappa shape index (κ1) is 21.1. The Hall–Kier alpha value is -3.61. The van der Waals surface area contributed by atoms with Gasteiger partial charge in [0.05, 0.1) is 19.1 Å². The molecule has 3 rings (SSSR count). The normalized spacial score (nSPS) is 20.6. The highest BCUT2D eigenvalue weighted by molar-refractivity contribution is 6.09. The highest BCUT2D eigenvalue weighted by atomic mass is 16.5. The number of nitrogens with one attached hydrogen (secondary N) is 1. The first-order valence-corrected chi connectivity index (χ1v) is 9.48. The molecule has 10 heteroatoms. The minimum atomic E-state index is -1.29. The Kier molecular flexibility index (Phi) is 5.91. The zero-order chi connectivity index (χ0) is 21.9. The monoisotopic (exact) mass is 414 g/mol. The van der Waals surface area contributed by atoms with Crippen LogP contribution in [-0.4, -0.2) is 66.5 Å². The summed E-state index contributed by atoms with van der Waals surface area (Å²) < 4.78 is 10.7. The zero-order valence-corrected chi connectivity index (χ0v) is 16.7. The lowest BCUT2D eigenvalue weighted by atomic mass is 9.84. The van der Waals surface area contributed by atoms with Gasteiger partial charge in [-0.3, -0.25) is 19.3 Å². The summed E-state index contributed by atoms with van der Waals surface area (Å²) in [5.74, 6) is -1.43. The Balaban J connectivity index is 1.68. The molecular formula is C20H22N4O6. The van der Waals surface area contributed by atoms with Gasteiger partial charge < -0.3 is 19.7 Å². The SMILES string of the molecule is C[C@@H](OC(=O)CN1C(=O)N[C@]2(CCOc3ccccc32)C1=O)C(=O)N(C)CCC#N. The molecule has 0 unspecified atom stereocenters. The second kappa shape index (κ2) is 8.41. The fourth-order valence-corrected chi connectivity index (χ4v) is 3.57. The van der Waals surface area contributed by atoms with Gasteiger partial charge >= 0.3 is 12.0 Å². The molecule has 1 aromatic carbocycles. The number of urea groups is 1. The van der Waals surface area contributed by atoms with E-state index >= 15 is 0 Å². The number of fused-ring (bicyclic) bond motifs is 2. The largest absolute Gasteiger partial charge is 0.493 e. The number of hydrogen-bond donors (Lipinski definition) is 1. The fraction of sp³-hybridized carbons (Fsp3) is 0.450. The average Bonchev–Trinajstić information content (AvgIpc) is 2.96. The number of para-hydroxylation sites is 1. The van der Waals surface area contributed by atoms with E-state index in [4.69, 9.17) is 14.7 Å². The molecular weight excluding hydrogens is 392 g/mol. The van der Waals surface area contributed by atoms with Crippen LogP contribution in [0.4, 0.5) is 4.79 Å². The summed E-state index contributed by atoms with van der Waals surface area (Å²) in [6, 6.07) is 8.13. The van der Waals surface area contributed by atoms with Crippen molar-refractivity contribution in [1.29, 1.82) is 5.26 Å². The van der Waals surface area contributed by atoms with Gasteiger partial charge in [0.1, 0.15) is 12.3 Å². The number of nitrogens with zero attached hydrogens (tertiary/aromatic N) is 3.